The molecule has 2 aliphatic heterocycles. The van der Waals surface area contributed by atoms with Crippen LogP contribution < -0.4 is 10.6 Å². The van der Waals surface area contributed by atoms with E-state index in [0.717, 1.165) is 24.3 Å². The van der Waals surface area contributed by atoms with Gasteiger partial charge in [-0.2, -0.15) is 13.2 Å². The minimum absolute atomic E-state index is 0.0480. The third-order valence-corrected chi connectivity index (χ3v) is 4.49. The number of carbonyl (C=O) groups is 3. The Bertz CT molecular complexity index is 735. The maximum absolute atomic E-state index is 12.6. The molecule has 0 aromatic heterocycles. The standard InChI is InChI=1S/C16H16F3N3O4/c17-16(18,19)9-3-1-8(2-4-9)13(24)20-10-5-12-14(25)21-11(7-23)15(26)22(12)6-10/h1-4,10-12,23H,5-7H2,(H,20,24)(H,21,25)/t10-,11+,12-/m0/s1. The summed E-state index contributed by atoms with van der Waals surface area (Å²) in [4.78, 5) is 37.7. The van der Waals surface area contributed by atoms with Gasteiger partial charge in [-0.05, 0) is 30.7 Å². The molecule has 3 amide bonds. The van der Waals surface area contributed by atoms with E-state index >= 15 is 0 Å². The number of aliphatic hydroxyl groups excluding tert-OH is 1. The Labute approximate surface area is 146 Å². The smallest absolute Gasteiger partial charge is 0.394 e. The molecule has 0 unspecified atom stereocenters. The summed E-state index contributed by atoms with van der Waals surface area (Å²) in [6, 6.07) is 1.53. The Hall–Kier alpha value is -2.62. The Kier molecular flexibility index (Phi) is 4.61. The molecule has 2 aliphatic rings. The van der Waals surface area contributed by atoms with Gasteiger partial charge in [0.1, 0.15) is 12.1 Å². The van der Waals surface area contributed by atoms with Crippen LogP contribution in [0.15, 0.2) is 24.3 Å². The Balaban J connectivity index is 1.66. The summed E-state index contributed by atoms with van der Waals surface area (Å²) in [6.07, 6.45) is -4.29. The number of nitrogens with zero attached hydrogens (tertiary/aromatic N) is 1. The number of piperazine rings is 1. The first-order valence-corrected chi connectivity index (χ1v) is 7.90. The van der Waals surface area contributed by atoms with E-state index in [9.17, 15) is 27.6 Å². The number of halogens is 3. The molecule has 10 heteroatoms. The molecule has 0 radical (unpaired) electrons. The Morgan fingerprint density at radius 1 is 1.27 bits per heavy atom. The highest BCUT2D eigenvalue weighted by molar-refractivity contribution is 5.98. The number of aliphatic hydroxyl groups is 1. The van der Waals surface area contributed by atoms with Gasteiger partial charge in [-0.3, -0.25) is 14.4 Å². The van der Waals surface area contributed by atoms with Gasteiger partial charge in [0.2, 0.25) is 11.8 Å². The molecule has 3 rings (SSSR count). The van der Waals surface area contributed by atoms with Gasteiger partial charge >= 0.3 is 6.18 Å². The second-order valence-corrected chi connectivity index (χ2v) is 6.23. The molecule has 0 aliphatic carbocycles. The van der Waals surface area contributed by atoms with E-state index in [0.29, 0.717) is 0 Å². The van der Waals surface area contributed by atoms with Crippen molar-refractivity contribution in [1.82, 2.24) is 15.5 Å². The fourth-order valence-electron chi connectivity index (χ4n) is 3.17. The van der Waals surface area contributed by atoms with E-state index in [1.807, 2.05) is 0 Å². The van der Waals surface area contributed by atoms with Crippen molar-refractivity contribution in [3.8, 4) is 0 Å². The monoisotopic (exact) mass is 371 g/mol. The van der Waals surface area contributed by atoms with Crippen molar-refractivity contribution in [2.45, 2.75) is 30.7 Å². The van der Waals surface area contributed by atoms with Crippen LogP contribution in [0.2, 0.25) is 0 Å². The molecule has 2 saturated heterocycles. The molecule has 7 nitrogen and oxygen atoms in total. The van der Waals surface area contributed by atoms with E-state index < -0.39 is 54.2 Å². The summed E-state index contributed by atoms with van der Waals surface area (Å²) < 4.78 is 37.7. The number of hydrogen-bond donors (Lipinski definition) is 3. The highest BCUT2D eigenvalue weighted by atomic mass is 19.4. The first-order chi connectivity index (χ1) is 12.2. The quantitative estimate of drug-likeness (QED) is 0.691. The molecule has 3 atom stereocenters. The van der Waals surface area contributed by atoms with Gasteiger partial charge in [-0.25, -0.2) is 0 Å². The second kappa shape index (κ2) is 6.60. The lowest BCUT2D eigenvalue weighted by Gasteiger charge is -2.33. The minimum atomic E-state index is -4.49. The van der Waals surface area contributed by atoms with Gasteiger partial charge in [-0.15, -0.1) is 0 Å². The molecule has 0 saturated carbocycles. The molecule has 2 fully saturated rings. The lowest BCUT2D eigenvalue weighted by atomic mass is 10.1. The molecule has 1 aromatic rings. The average Bonchev–Trinajstić information content (AvgIpc) is 3.02. The third-order valence-electron chi connectivity index (χ3n) is 4.49. The lowest BCUT2D eigenvalue weighted by molar-refractivity contribution is -0.148. The Morgan fingerprint density at radius 2 is 1.92 bits per heavy atom. The van der Waals surface area contributed by atoms with Gasteiger partial charge in [-0.1, -0.05) is 0 Å². The highest BCUT2D eigenvalue weighted by Crippen LogP contribution is 2.29. The van der Waals surface area contributed by atoms with Gasteiger partial charge in [0.05, 0.1) is 12.2 Å². The molecule has 2 heterocycles. The summed E-state index contributed by atoms with van der Waals surface area (Å²) in [5.41, 5.74) is -0.809. The number of carbonyl (C=O) groups excluding carboxylic acids is 3. The fraction of sp³-hybridized carbons (Fsp3) is 0.438. The largest absolute Gasteiger partial charge is 0.416 e. The van der Waals surface area contributed by atoms with E-state index in [-0.39, 0.29) is 18.5 Å². The maximum atomic E-state index is 12.6. The van der Waals surface area contributed by atoms with Gasteiger partial charge < -0.3 is 20.6 Å². The lowest BCUT2D eigenvalue weighted by Crippen LogP contribution is -2.62. The zero-order chi connectivity index (χ0) is 19.1. The van der Waals surface area contributed by atoms with Crippen LogP contribution in [-0.4, -0.2) is 59.0 Å². The van der Waals surface area contributed by atoms with Crippen LogP contribution in [0.1, 0.15) is 22.3 Å². The minimum Gasteiger partial charge on any atom is -0.394 e. The van der Waals surface area contributed by atoms with Crippen molar-refractivity contribution >= 4 is 17.7 Å². The third kappa shape index (κ3) is 3.36. The topological polar surface area (TPSA) is 98.7 Å². The van der Waals surface area contributed by atoms with Crippen LogP contribution in [-0.2, 0) is 15.8 Å². The van der Waals surface area contributed by atoms with Gasteiger partial charge in [0, 0.05) is 18.2 Å². The van der Waals surface area contributed by atoms with Gasteiger partial charge in [0.15, 0.2) is 0 Å². The fourth-order valence-corrected chi connectivity index (χ4v) is 3.17. The SMILES string of the molecule is O=C(N[C@H]1C[C@H]2C(=O)N[C@H](CO)C(=O)N2C1)c1ccc(C(F)(F)F)cc1. The van der Waals surface area contributed by atoms with E-state index in [1.54, 1.807) is 0 Å². The second-order valence-electron chi connectivity index (χ2n) is 6.23. The zero-order valence-corrected chi connectivity index (χ0v) is 13.4. The molecule has 0 bridgehead atoms. The molecule has 3 N–H and O–H groups in total. The number of alkyl halides is 3. The number of nitrogens with one attached hydrogen (secondary N) is 2. The maximum Gasteiger partial charge on any atom is 0.416 e. The summed E-state index contributed by atoms with van der Waals surface area (Å²) in [7, 11) is 0. The Morgan fingerprint density at radius 3 is 2.50 bits per heavy atom. The van der Waals surface area contributed by atoms with E-state index in [1.165, 1.54) is 4.90 Å². The first kappa shape index (κ1) is 18.2. The predicted octanol–water partition coefficient (Wildman–Crippen LogP) is -0.105. The van der Waals surface area contributed by atoms with Crippen LogP contribution in [0.3, 0.4) is 0 Å². The van der Waals surface area contributed by atoms with Crippen LogP contribution in [0, 0.1) is 0 Å². The van der Waals surface area contributed by atoms with Crippen LogP contribution >= 0.6 is 0 Å². The van der Waals surface area contributed by atoms with Crippen LogP contribution in [0.5, 0.6) is 0 Å². The summed E-state index contributed by atoms with van der Waals surface area (Å²) in [6.45, 7) is -0.420. The predicted molar refractivity (Wildman–Crippen MR) is 81.8 cm³/mol. The van der Waals surface area contributed by atoms with Gasteiger partial charge in [0.25, 0.3) is 5.91 Å². The molecule has 0 spiro atoms. The first-order valence-electron chi connectivity index (χ1n) is 7.90. The van der Waals surface area contributed by atoms with Crippen molar-refractivity contribution < 1.29 is 32.7 Å². The highest BCUT2D eigenvalue weighted by Gasteiger charge is 2.46. The number of benzene rings is 1. The van der Waals surface area contributed by atoms with E-state index in [4.69, 9.17) is 5.11 Å². The van der Waals surface area contributed by atoms with Crippen molar-refractivity contribution in [3.05, 3.63) is 35.4 Å². The van der Waals surface area contributed by atoms with Crippen molar-refractivity contribution in [3.63, 3.8) is 0 Å². The summed E-state index contributed by atoms with van der Waals surface area (Å²) >= 11 is 0. The van der Waals surface area contributed by atoms with Crippen molar-refractivity contribution in [1.29, 1.82) is 0 Å². The van der Waals surface area contributed by atoms with Crippen LogP contribution in [0.4, 0.5) is 13.2 Å². The molecular formula is C16H16F3N3O4. The number of fused-ring (bicyclic) bond motifs is 1. The normalized spacial score (nSPS) is 25.7. The average molecular weight is 371 g/mol. The zero-order valence-electron chi connectivity index (χ0n) is 13.4. The summed E-state index contributed by atoms with van der Waals surface area (Å²) in [5, 5.41) is 14.2. The van der Waals surface area contributed by atoms with Crippen molar-refractivity contribution in [2.75, 3.05) is 13.2 Å². The molecular weight excluding hydrogens is 355 g/mol. The molecule has 140 valence electrons. The van der Waals surface area contributed by atoms with E-state index in [2.05, 4.69) is 10.6 Å². The van der Waals surface area contributed by atoms with Crippen molar-refractivity contribution in [2.24, 2.45) is 0 Å². The molecule has 1 aromatic carbocycles. The van der Waals surface area contributed by atoms with Crippen LogP contribution in [0.25, 0.3) is 0 Å². The number of hydrogen-bond acceptors (Lipinski definition) is 4. The molecule has 26 heavy (non-hydrogen) atoms. The number of rotatable bonds is 3. The summed E-state index contributed by atoms with van der Waals surface area (Å²) in [5.74, 6) is -1.42. The number of amides is 3.